The molecule has 1 aliphatic carbocycles. The molecule has 1 N–H and O–H groups in total. The van der Waals surface area contributed by atoms with Gasteiger partial charge in [-0.1, -0.05) is 36.4 Å². The van der Waals surface area contributed by atoms with Gasteiger partial charge in [0.25, 0.3) is 0 Å². The summed E-state index contributed by atoms with van der Waals surface area (Å²) >= 11 is 0. The molecule has 2 aromatic carbocycles. The molecule has 3 rings (SSSR count). The summed E-state index contributed by atoms with van der Waals surface area (Å²) in [4.78, 5) is 25.2. The molecule has 1 aliphatic rings. The molecule has 0 radical (unpaired) electrons. The van der Waals surface area contributed by atoms with E-state index < -0.39 is 12.0 Å². The van der Waals surface area contributed by atoms with Crippen molar-refractivity contribution in [1.29, 1.82) is 0 Å². The number of hydrogen-bond donors (Lipinski definition) is 1. The molecule has 2 atom stereocenters. The van der Waals surface area contributed by atoms with Crippen molar-refractivity contribution < 1.29 is 19.4 Å². The third kappa shape index (κ3) is 2.78. The number of rotatable bonds is 4. The van der Waals surface area contributed by atoms with Crippen molar-refractivity contribution in [1.82, 2.24) is 0 Å². The Kier molecular flexibility index (Phi) is 4.26. The van der Waals surface area contributed by atoms with E-state index in [-0.39, 0.29) is 18.0 Å². The minimum atomic E-state index is -0.980. The molecule has 0 bridgehead atoms. The summed E-state index contributed by atoms with van der Waals surface area (Å²) in [6.45, 7) is 2.29. The third-order valence-electron chi connectivity index (χ3n) is 4.16. The molecule has 0 unspecified atom stereocenters. The molecule has 2 aromatic rings. The molecule has 0 fully saturated rings. The third-order valence-corrected chi connectivity index (χ3v) is 4.16. The van der Waals surface area contributed by atoms with Crippen LogP contribution in [0.15, 0.2) is 48.5 Å². The van der Waals surface area contributed by atoms with Gasteiger partial charge in [-0.25, -0.2) is 0 Å². The van der Waals surface area contributed by atoms with Gasteiger partial charge in [0.15, 0.2) is 11.6 Å². The van der Waals surface area contributed by atoms with E-state index in [9.17, 15) is 14.7 Å². The smallest absolute Gasteiger partial charge is 0.173 e. The van der Waals surface area contributed by atoms with Crippen molar-refractivity contribution in [2.45, 2.75) is 19.4 Å². The van der Waals surface area contributed by atoms with Gasteiger partial charge in [0, 0.05) is 12.0 Å². The second-order valence-corrected chi connectivity index (χ2v) is 5.56. The van der Waals surface area contributed by atoms with Gasteiger partial charge in [-0.3, -0.25) is 9.59 Å². The van der Waals surface area contributed by atoms with Crippen LogP contribution >= 0.6 is 0 Å². The van der Waals surface area contributed by atoms with Crippen molar-refractivity contribution in [3.63, 3.8) is 0 Å². The number of para-hydroxylation sites is 1. The van der Waals surface area contributed by atoms with Crippen molar-refractivity contribution in [3.8, 4) is 5.75 Å². The first-order chi connectivity index (χ1) is 11.1. The van der Waals surface area contributed by atoms with Crippen LogP contribution in [0.3, 0.4) is 0 Å². The highest BCUT2D eigenvalue weighted by Crippen LogP contribution is 2.37. The first kappa shape index (κ1) is 15.4. The molecule has 0 amide bonds. The van der Waals surface area contributed by atoms with Gasteiger partial charge >= 0.3 is 0 Å². The fraction of sp³-hybridized carbons (Fsp3) is 0.263. The summed E-state index contributed by atoms with van der Waals surface area (Å²) in [6.07, 6.45) is -0.969. The monoisotopic (exact) mass is 310 g/mol. The SMILES string of the molecule is CCOc1ccccc1C(=O)[C@@H]1CC(=O)c2ccccc2[C@H]1O. The van der Waals surface area contributed by atoms with Crippen molar-refractivity contribution in [3.05, 3.63) is 65.2 Å². The number of ether oxygens (including phenoxy) is 1. The van der Waals surface area contributed by atoms with Crippen LogP contribution in [0.4, 0.5) is 0 Å². The van der Waals surface area contributed by atoms with Crippen molar-refractivity contribution in [2.75, 3.05) is 6.61 Å². The minimum Gasteiger partial charge on any atom is -0.493 e. The van der Waals surface area contributed by atoms with Gasteiger partial charge in [-0.2, -0.15) is 0 Å². The molecule has 0 heterocycles. The average Bonchev–Trinajstić information content (AvgIpc) is 2.58. The van der Waals surface area contributed by atoms with Gasteiger partial charge in [-0.05, 0) is 24.6 Å². The largest absolute Gasteiger partial charge is 0.493 e. The lowest BCUT2D eigenvalue weighted by Gasteiger charge is -2.28. The summed E-state index contributed by atoms with van der Waals surface area (Å²) < 4.78 is 5.49. The predicted molar refractivity (Wildman–Crippen MR) is 85.8 cm³/mol. The Morgan fingerprint density at radius 1 is 1.17 bits per heavy atom. The fourth-order valence-electron chi connectivity index (χ4n) is 3.03. The van der Waals surface area contributed by atoms with Crippen LogP contribution in [-0.2, 0) is 0 Å². The van der Waals surface area contributed by atoms with Crippen LogP contribution < -0.4 is 4.74 Å². The quantitative estimate of drug-likeness (QED) is 0.881. The molecule has 0 spiro atoms. The van der Waals surface area contributed by atoms with Crippen LogP contribution in [0, 0.1) is 5.92 Å². The number of aliphatic hydroxyl groups is 1. The van der Waals surface area contributed by atoms with E-state index in [2.05, 4.69) is 0 Å². The molecular weight excluding hydrogens is 292 g/mol. The number of hydrogen-bond acceptors (Lipinski definition) is 4. The number of fused-ring (bicyclic) bond motifs is 1. The van der Waals surface area contributed by atoms with E-state index in [4.69, 9.17) is 4.74 Å². The molecule has 0 saturated heterocycles. The summed E-state index contributed by atoms with van der Waals surface area (Å²) in [6, 6.07) is 13.8. The number of benzene rings is 2. The molecule has 4 heteroatoms. The molecule has 23 heavy (non-hydrogen) atoms. The highest BCUT2D eigenvalue weighted by atomic mass is 16.5. The first-order valence-electron chi connectivity index (χ1n) is 7.69. The van der Waals surface area contributed by atoms with E-state index in [1.165, 1.54) is 0 Å². The summed E-state index contributed by atoms with van der Waals surface area (Å²) in [5.74, 6) is -0.667. The van der Waals surface area contributed by atoms with Crippen molar-refractivity contribution in [2.24, 2.45) is 5.92 Å². The van der Waals surface area contributed by atoms with Crippen LogP contribution in [0.2, 0.25) is 0 Å². The lowest BCUT2D eigenvalue weighted by molar-refractivity contribution is 0.0565. The molecule has 0 aliphatic heterocycles. The van der Waals surface area contributed by atoms with E-state index >= 15 is 0 Å². The van der Waals surface area contributed by atoms with Gasteiger partial charge < -0.3 is 9.84 Å². The Bertz CT molecular complexity index is 751. The zero-order valence-corrected chi connectivity index (χ0v) is 12.9. The van der Waals surface area contributed by atoms with E-state index in [0.717, 1.165) is 0 Å². The fourth-order valence-corrected chi connectivity index (χ4v) is 3.03. The van der Waals surface area contributed by atoms with Gasteiger partial charge in [0.05, 0.1) is 24.2 Å². The normalized spacial score (nSPS) is 20.0. The van der Waals surface area contributed by atoms with Crippen molar-refractivity contribution >= 4 is 11.6 Å². The predicted octanol–water partition coefficient (Wildman–Crippen LogP) is 3.20. The number of Topliss-reactive ketones (excluding diaryl/α,β-unsaturated/α-hetero) is 2. The van der Waals surface area contributed by atoms with Gasteiger partial charge in [0.2, 0.25) is 0 Å². The summed E-state index contributed by atoms with van der Waals surface area (Å²) in [7, 11) is 0. The topological polar surface area (TPSA) is 63.6 Å². The second kappa shape index (κ2) is 6.34. The Hall–Kier alpha value is -2.46. The maximum atomic E-state index is 12.9. The second-order valence-electron chi connectivity index (χ2n) is 5.56. The lowest BCUT2D eigenvalue weighted by atomic mass is 9.77. The zero-order valence-electron chi connectivity index (χ0n) is 12.9. The maximum Gasteiger partial charge on any atom is 0.173 e. The Labute approximate surface area is 134 Å². The lowest BCUT2D eigenvalue weighted by Crippen LogP contribution is -2.31. The molecule has 4 nitrogen and oxygen atoms in total. The van der Waals surface area contributed by atoms with Gasteiger partial charge in [0.1, 0.15) is 5.75 Å². The number of carbonyl (C=O) groups is 2. The number of carbonyl (C=O) groups excluding carboxylic acids is 2. The highest BCUT2D eigenvalue weighted by molar-refractivity contribution is 6.07. The number of ketones is 2. The maximum absolute atomic E-state index is 12.9. The van der Waals surface area contributed by atoms with Crippen LogP contribution in [0.25, 0.3) is 0 Å². The van der Waals surface area contributed by atoms with E-state index in [0.29, 0.717) is 29.0 Å². The Balaban J connectivity index is 1.97. The number of aliphatic hydroxyl groups excluding tert-OH is 1. The standard InChI is InChI=1S/C19H18O4/c1-2-23-17-10-6-5-9-14(17)19(22)15-11-16(20)12-7-3-4-8-13(12)18(15)21/h3-10,15,18,21H,2,11H2,1H3/t15-,18-/m1/s1. The summed E-state index contributed by atoms with van der Waals surface area (Å²) in [5, 5.41) is 10.6. The van der Waals surface area contributed by atoms with Crippen LogP contribution in [-0.4, -0.2) is 23.3 Å². The summed E-state index contributed by atoms with van der Waals surface area (Å²) in [5.41, 5.74) is 1.43. The Morgan fingerprint density at radius 2 is 1.87 bits per heavy atom. The van der Waals surface area contributed by atoms with Crippen LogP contribution in [0.5, 0.6) is 5.75 Å². The van der Waals surface area contributed by atoms with E-state index in [1.54, 1.807) is 48.5 Å². The first-order valence-corrected chi connectivity index (χ1v) is 7.69. The molecule has 118 valence electrons. The molecule has 0 saturated carbocycles. The average molecular weight is 310 g/mol. The van der Waals surface area contributed by atoms with Gasteiger partial charge in [-0.15, -0.1) is 0 Å². The zero-order chi connectivity index (χ0) is 16.4. The van der Waals surface area contributed by atoms with Crippen LogP contribution in [0.1, 0.15) is 45.7 Å². The highest BCUT2D eigenvalue weighted by Gasteiger charge is 2.38. The Morgan fingerprint density at radius 3 is 2.65 bits per heavy atom. The molecular formula is C19H18O4. The van der Waals surface area contributed by atoms with E-state index in [1.807, 2.05) is 6.92 Å². The minimum absolute atomic E-state index is 0.0114. The molecule has 0 aromatic heterocycles.